The Kier molecular flexibility index (Phi) is 10.2. The van der Waals surface area contributed by atoms with Gasteiger partial charge in [-0.1, -0.05) is 19.9 Å². The number of carbonyl (C=O) groups is 1. The van der Waals surface area contributed by atoms with Crippen LogP contribution in [0.2, 0.25) is 0 Å². The molecule has 1 unspecified atom stereocenters. The van der Waals surface area contributed by atoms with Gasteiger partial charge in [0.05, 0.1) is 17.3 Å². The number of hydrogen-bond donors (Lipinski definition) is 2. The molecular formula is C30H40F4N6O3. The number of benzene rings is 1. The van der Waals surface area contributed by atoms with E-state index in [1.807, 2.05) is 32.6 Å². The van der Waals surface area contributed by atoms with E-state index >= 15 is 4.39 Å². The van der Waals surface area contributed by atoms with Crippen LogP contribution in [0, 0.1) is 0 Å². The van der Waals surface area contributed by atoms with E-state index in [0.29, 0.717) is 24.6 Å². The standard InChI is InChI=1S/C30H40F4N6O3/c1-17(2)26-27-25(10-11-35-26)43-13-12-42-24-9-7-8-23(30(32,33)34)22(24)15-37-28(31)20(5)40(27)29(41)38-21(6)39-16-18(3)36-14-19(39)4/h7-11,17-20,28,36-37H,12-16H2,1-6H3/b38-21+/t18-,19+,20-,28?/m1/s1. The molecule has 236 valence electrons. The van der Waals surface area contributed by atoms with Gasteiger partial charge in [-0.25, -0.2) is 9.18 Å². The number of carbonyl (C=O) groups excluding carboxylic acids is 1. The summed E-state index contributed by atoms with van der Waals surface area (Å²) in [7, 11) is 0. The van der Waals surface area contributed by atoms with Gasteiger partial charge >= 0.3 is 12.2 Å². The number of urea groups is 1. The highest BCUT2D eigenvalue weighted by Crippen LogP contribution is 2.39. The van der Waals surface area contributed by atoms with E-state index in [1.165, 1.54) is 30.2 Å². The van der Waals surface area contributed by atoms with Crippen molar-refractivity contribution in [3.05, 3.63) is 47.3 Å². The molecule has 2 aliphatic rings. The van der Waals surface area contributed by atoms with E-state index in [0.717, 1.165) is 6.07 Å². The number of alkyl halides is 4. The number of amidine groups is 1. The third-order valence-corrected chi connectivity index (χ3v) is 7.69. The molecule has 0 radical (unpaired) electrons. The monoisotopic (exact) mass is 608 g/mol. The smallest absolute Gasteiger partial charge is 0.416 e. The number of aromatic nitrogens is 1. The van der Waals surface area contributed by atoms with Crippen LogP contribution in [-0.4, -0.2) is 72.5 Å². The second kappa shape index (κ2) is 13.5. The number of amides is 2. The summed E-state index contributed by atoms with van der Waals surface area (Å²) in [5.74, 6) is 0.515. The minimum atomic E-state index is -4.68. The number of piperazine rings is 1. The van der Waals surface area contributed by atoms with Gasteiger partial charge < -0.3 is 19.7 Å². The van der Waals surface area contributed by atoms with Gasteiger partial charge in [-0.05, 0) is 45.7 Å². The average molecular weight is 609 g/mol. The number of nitrogens with zero attached hydrogens (tertiary/aromatic N) is 4. The molecule has 4 rings (SSSR count). The molecule has 1 saturated heterocycles. The maximum atomic E-state index is 16.1. The number of fused-ring (bicyclic) bond motifs is 2. The molecule has 1 aromatic heterocycles. The second-order valence-corrected chi connectivity index (χ2v) is 11.3. The number of rotatable bonds is 1. The molecule has 0 saturated carbocycles. The summed E-state index contributed by atoms with van der Waals surface area (Å²) >= 11 is 0. The third-order valence-electron chi connectivity index (χ3n) is 7.69. The molecule has 2 amide bonds. The van der Waals surface area contributed by atoms with Gasteiger partial charge in [0.15, 0.2) is 6.30 Å². The Labute approximate surface area is 249 Å². The zero-order chi connectivity index (χ0) is 31.5. The van der Waals surface area contributed by atoms with Crippen LogP contribution >= 0.6 is 0 Å². The van der Waals surface area contributed by atoms with Gasteiger partial charge in [0, 0.05) is 49.5 Å². The molecule has 2 N–H and O–H groups in total. The summed E-state index contributed by atoms with van der Waals surface area (Å²) < 4.78 is 69.5. The molecular weight excluding hydrogens is 568 g/mol. The van der Waals surface area contributed by atoms with Crippen LogP contribution in [0.5, 0.6) is 11.5 Å². The van der Waals surface area contributed by atoms with Crippen molar-refractivity contribution < 1.29 is 31.8 Å². The lowest BCUT2D eigenvalue weighted by Gasteiger charge is -2.39. The van der Waals surface area contributed by atoms with E-state index < -0.39 is 36.7 Å². The molecule has 0 aliphatic carbocycles. The molecule has 9 nitrogen and oxygen atoms in total. The van der Waals surface area contributed by atoms with Crippen molar-refractivity contribution in [2.24, 2.45) is 4.99 Å². The summed E-state index contributed by atoms with van der Waals surface area (Å²) in [4.78, 5) is 26.2. The Morgan fingerprint density at radius 1 is 1.09 bits per heavy atom. The zero-order valence-corrected chi connectivity index (χ0v) is 25.3. The van der Waals surface area contributed by atoms with Gasteiger partial charge in [0.1, 0.15) is 36.2 Å². The zero-order valence-electron chi connectivity index (χ0n) is 25.3. The third kappa shape index (κ3) is 7.38. The summed E-state index contributed by atoms with van der Waals surface area (Å²) in [6.45, 7) is 11.7. The lowest BCUT2D eigenvalue weighted by atomic mass is 10.0. The van der Waals surface area contributed by atoms with E-state index in [9.17, 15) is 18.0 Å². The van der Waals surface area contributed by atoms with E-state index in [1.54, 1.807) is 13.0 Å². The molecule has 0 bridgehead atoms. The number of halogens is 4. The number of aliphatic imine (C=N–C) groups is 1. The predicted octanol–water partition coefficient (Wildman–Crippen LogP) is 5.50. The van der Waals surface area contributed by atoms with Crippen molar-refractivity contribution in [1.82, 2.24) is 20.5 Å². The maximum Gasteiger partial charge on any atom is 0.416 e. The summed E-state index contributed by atoms with van der Waals surface area (Å²) in [5.41, 5.74) is -0.430. The number of anilines is 1. The van der Waals surface area contributed by atoms with Crippen LogP contribution in [0.15, 0.2) is 35.5 Å². The fraction of sp³-hybridized carbons (Fsp3) is 0.567. The SMILES string of the molecule is C/C(=N\C(=O)N1c2c(ccnc2C(C)C)OCCOc2cccc(C(F)(F)F)c2CNC(F)[C@H]1C)N1C[C@@H](C)NC[C@@H]1C. The second-order valence-electron chi connectivity index (χ2n) is 11.3. The number of pyridine rings is 1. The molecule has 3 heterocycles. The van der Waals surface area contributed by atoms with E-state index in [2.05, 4.69) is 20.6 Å². The Morgan fingerprint density at radius 2 is 1.79 bits per heavy atom. The van der Waals surface area contributed by atoms with Gasteiger partial charge in [-0.3, -0.25) is 15.2 Å². The summed E-state index contributed by atoms with van der Waals surface area (Å²) in [5, 5.41) is 5.95. The van der Waals surface area contributed by atoms with Crippen LogP contribution in [0.4, 0.5) is 28.0 Å². The van der Waals surface area contributed by atoms with Crippen LogP contribution in [-0.2, 0) is 12.7 Å². The van der Waals surface area contributed by atoms with Crippen molar-refractivity contribution >= 4 is 17.6 Å². The summed E-state index contributed by atoms with van der Waals surface area (Å²) in [6, 6.07) is 3.44. The van der Waals surface area contributed by atoms with Crippen LogP contribution in [0.25, 0.3) is 0 Å². The Hall–Kier alpha value is -3.45. The minimum Gasteiger partial charge on any atom is -0.490 e. The topological polar surface area (TPSA) is 91.3 Å². The highest BCUT2D eigenvalue weighted by Gasteiger charge is 2.37. The highest BCUT2D eigenvalue weighted by atomic mass is 19.4. The quantitative estimate of drug-likeness (QED) is 0.191. The largest absolute Gasteiger partial charge is 0.490 e. The lowest BCUT2D eigenvalue weighted by molar-refractivity contribution is -0.138. The van der Waals surface area contributed by atoms with Gasteiger partial charge in [-0.15, -0.1) is 0 Å². The van der Waals surface area contributed by atoms with Gasteiger partial charge in [0.2, 0.25) is 0 Å². The molecule has 2 aromatic rings. The van der Waals surface area contributed by atoms with Crippen molar-refractivity contribution in [3.8, 4) is 11.5 Å². The minimum absolute atomic E-state index is 0.0321. The molecule has 13 heteroatoms. The van der Waals surface area contributed by atoms with E-state index in [4.69, 9.17) is 9.47 Å². The normalized spacial score (nSPS) is 24.1. The predicted molar refractivity (Wildman–Crippen MR) is 157 cm³/mol. The molecule has 4 atom stereocenters. The maximum absolute atomic E-state index is 16.1. The Balaban J connectivity index is 1.79. The number of ether oxygens (including phenoxy) is 2. The average Bonchev–Trinajstić information content (AvgIpc) is 2.95. The molecule has 1 fully saturated rings. The first-order valence-electron chi connectivity index (χ1n) is 14.5. The fourth-order valence-electron chi connectivity index (χ4n) is 5.39. The first kappa shape index (κ1) is 32.5. The van der Waals surface area contributed by atoms with Crippen molar-refractivity contribution in [2.75, 3.05) is 31.2 Å². The Bertz CT molecular complexity index is 1320. The number of nitrogens with one attached hydrogen (secondary N) is 2. The van der Waals surface area contributed by atoms with E-state index in [-0.39, 0.29) is 54.0 Å². The van der Waals surface area contributed by atoms with Crippen molar-refractivity contribution in [1.29, 1.82) is 0 Å². The van der Waals surface area contributed by atoms with Crippen LogP contribution in [0.3, 0.4) is 0 Å². The molecule has 2 aliphatic heterocycles. The van der Waals surface area contributed by atoms with Crippen molar-refractivity contribution in [3.63, 3.8) is 0 Å². The molecule has 1 aromatic carbocycles. The van der Waals surface area contributed by atoms with Gasteiger partial charge in [0.25, 0.3) is 0 Å². The summed E-state index contributed by atoms with van der Waals surface area (Å²) in [6.07, 6.45) is -5.10. The Morgan fingerprint density at radius 3 is 2.47 bits per heavy atom. The van der Waals surface area contributed by atoms with Crippen molar-refractivity contribution in [2.45, 2.75) is 84.6 Å². The lowest BCUT2D eigenvalue weighted by Crippen LogP contribution is -2.56. The van der Waals surface area contributed by atoms with Crippen LogP contribution < -0.4 is 25.0 Å². The molecule has 0 spiro atoms. The van der Waals surface area contributed by atoms with Gasteiger partial charge in [-0.2, -0.15) is 18.2 Å². The highest BCUT2D eigenvalue weighted by molar-refractivity contribution is 6.02. The first-order chi connectivity index (χ1) is 20.3. The van der Waals surface area contributed by atoms with Crippen LogP contribution in [0.1, 0.15) is 64.3 Å². The first-order valence-corrected chi connectivity index (χ1v) is 14.5. The number of hydrogen-bond acceptors (Lipinski definition) is 6. The molecule has 43 heavy (non-hydrogen) atoms. The fourth-order valence-corrected chi connectivity index (χ4v) is 5.39.